The van der Waals surface area contributed by atoms with Gasteiger partial charge in [-0.3, -0.25) is 4.90 Å². The Hall–Kier alpha value is -3.20. The molecule has 0 saturated carbocycles. The molecule has 1 unspecified atom stereocenters. The molecule has 0 spiro atoms. The summed E-state index contributed by atoms with van der Waals surface area (Å²) in [6, 6.07) is 41.3. The molecule has 0 aliphatic carbocycles. The Kier molecular flexibility index (Phi) is 7.16. The summed E-state index contributed by atoms with van der Waals surface area (Å²) in [6.45, 7) is 4.58. The van der Waals surface area contributed by atoms with Crippen molar-refractivity contribution in [2.45, 2.75) is 25.6 Å². The predicted molar refractivity (Wildman–Crippen MR) is 132 cm³/mol. The van der Waals surface area contributed by atoms with Crippen LogP contribution < -0.4 is 0 Å². The fourth-order valence-electron chi connectivity index (χ4n) is 4.51. The maximum atomic E-state index is 12.2. The van der Waals surface area contributed by atoms with E-state index in [1.54, 1.807) is 0 Å². The van der Waals surface area contributed by atoms with Crippen LogP contribution in [-0.2, 0) is 18.7 Å². The summed E-state index contributed by atoms with van der Waals surface area (Å²) in [5.41, 5.74) is 3.34. The molecular weight excluding hydrogens is 390 g/mol. The average molecular weight is 422 g/mol. The van der Waals surface area contributed by atoms with Gasteiger partial charge in [-0.05, 0) is 22.3 Å². The SMILES string of the molecule is CC(CN(Cc1ccccc1)Cc1ccccc1)C(O)(c1ccccc1)c1ccccc1. The Balaban J connectivity index is 1.65. The minimum Gasteiger partial charge on any atom is -0.380 e. The van der Waals surface area contributed by atoms with Crippen LogP contribution in [0.2, 0.25) is 0 Å². The van der Waals surface area contributed by atoms with E-state index >= 15 is 0 Å². The second kappa shape index (κ2) is 10.4. The third kappa shape index (κ3) is 5.16. The predicted octanol–water partition coefficient (Wildman–Crippen LogP) is 6.26. The molecule has 162 valence electrons. The maximum absolute atomic E-state index is 12.2. The standard InChI is InChI=1S/C30H31NO/c1-25(30(32,28-18-10-4-11-19-28)29-20-12-5-13-21-29)22-31(23-26-14-6-2-7-15-26)24-27-16-8-3-9-17-27/h2-21,25,32H,22-24H2,1H3. The number of rotatable bonds is 9. The first-order valence-electron chi connectivity index (χ1n) is 11.3. The Morgan fingerprint density at radius 1 is 0.594 bits per heavy atom. The maximum Gasteiger partial charge on any atom is 0.118 e. The quantitative estimate of drug-likeness (QED) is 0.345. The molecule has 2 nitrogen and oxygen atoms in total. The van der Waals surface area contributed by atoms with Crippen LogP contribution in [0.1, 0.15) is 29.2 Å². The van der Waals surface area contributed by atoms with Crippen molar-refractivity contribution in [2.24, 2.45) is 5.92 Å². The molecule has 0 saturated heterocycles. The lowest BCUT2D eigenvalue weighted by Gasteiger charge is -2.38. The van der Waals surface area contributed by atoms with Gasteiger partial charge in [0.15, 0.2) is 0 Å². The van der Waals surface area contributed by atoms with Crippen LogP contribution in [0.3, 0.4) is 0 Å². The van der Waals surface area contributed by atoms with Crippen LogP contribution in [0.4, 0.5) is 0 Å². The topological polar surface area (TPSA) is 23.5 Å². The van der Waals surface area contributed by atoms with Crippen LogP contribution in [-0.4, -0.2) is 16.6 Å². The average Bonchev–Trinajstić information content (AvgIpc) is 2.86. The van der Waals surface area contributed by atoms with Crippen molar-refractivity contribution in [3.05, 3.63) is 144 Å². The lowest BCUT2D eigenvalue weighted by molar-refractivity contribution is 0.00483. The van der Waals surface area contributed by atoms with E-state index in [0.717, 1.165) is 30.8 Å². The molecule has 0 fully saturated rings. The largest absolute Gasteiger partial charge is 0.380 e. The fraction of sp³-hybridized carbons (Fsp3) is 0.200. The molecule has 4 rings (SSSR count). The molecule has 0 aliphatic heterocycles. The zero-order valence-electron chi connectivity index (χ0n) is 18.6. The summed E-state index contributed by atoms with van der Waals surface area (Å²) in [4.78, 5) is 2.44. The van der Waals surface area contributed by atoms with E-state index in [-0.39, 0.29) is 5.92 Å². The molecule has 1 atom stereocenters. The molecule has 4 aromatic rings. The van der Waals surface area contributed by atoms with Gasteiger partial charge in [-0.15, -0.1) is 0 Å². The molecule has 0 heterocycles. The normalized spacial score (nSPS) is 12.6. The van der Waals surface area contributed by atoms with Gasteiger partial charge in [0.25, 0.3) is 0 Å². The van der Waals surface area contributed by atoms with Gasteiger partial charge in [0.2, 0.25) is 0 Å². The first-order valence-corrected chi connectivity index (χ1v) is 11.3. The molecule has 32 heavy (non-hydrogen) atoms. The van der Waals surface area contributed by atoms with Gasteiger partial charge < -0.3 is 5.11 Å². The van der Waals surface area contributed by atoms with Gasteiger partial charge in [0, 0.05) is 25.6 Å². The highest BCUT2D eigenvalue weighted by Gasteiger charge is 2.38. The van der Waals surface area contributed by atoms with Crippen molar-refractivity contribution in [1.29, 1.82) is 0 Å². The van der Waals surface area contributed by atoms with E-state index in [2.05, 4.69) is 72.5 Å². The van der Waals surface area contributed by atoms with Gasteiger partial charge in [0.05, 0.1) is 0 Å². The molecule has 1 N–H and O–H groups in total. The Bertz CT molecular complexity index is 984. The Morgan fingerprint density at radius 2 is 0.938 bits per heavy atom. The third-order valence-electron chi connectivity index (χ3n) is 6.17. The van der Waals surface area contributed by atoms with Crippen LogP contribution in [0.15, 0.2) is 121 Å². The summed E-state index contributed by atoms with van der Waals surface area (Å²) in [7, 11) is 0. The van der Waals surface area contributed by atoms with Crippen molar-refractivity contribution in [3.63, 3.8) is 0 Å². The van der Waals surface area contributed by atoms with Crippen molar-refractivity contribution < 1.29 is 5.11 Å². The first-order chi connectivity index (χ1) is 15.7. The minimum absolute atomic E-state index is 0.0280. The smallest absolute Gasteiger partial charge is 0.118 e. The van der Waals surface area contributed by atoms with Crippen molar-refractivity contribution in [3.8, 4) is 0 Å². The monoisotopic (exact) mass is 421 g/mol. The summed E-state index contributed by atoms with van der Waals surface area (Å²) < 4.78 is 0. The number of aliphatic hydroxyl groups is 1. The first kappa shape index (κ1) is 22.0. The second-order valence-electron chi connectivity index (χ2n) is 8.54. The number of hydrogen-bond donors (Lipinski definition) is 1. The molecule has 0 aromatic heterocycles. The zero-order chi connectivity index (χ0) is 22.2. The van der Waals surface area contributed by atoms with Crippen LogP contribution in [0.25, 0.3) is 0 Å². The highest BCUT2D eigenvalue weighted by Crippen LogP contribution is 2.37. The van der Waals surface area contributed by atoms with Gasteiger partial charge in [-0.1, -0.05) is 128 Å². The number of nitrogens with zero attached hydrogens (tertiary/aromatic N) is 1. The van der Waals surface area contributed by atoms with Gasteiger partial charge in [-0.2, -0.15) is 0 Å². The van der Waals surface area contributed by atoms with Gasteiger partial charge in [0.1, 0.15) is 5.60 Å². The molecule has 0 aliphatic rings. The molecule has 4 aromatic carbocycles. The van der Waals surface area contributed by atoms with Gasteiger partial charge >= 0.3 is 0 Å². The second-order valence-corrected chi connectivity index (χ2v) is 8.54. The fourth-order valence-corrected chi connectivity index (χ4v) is 4.51. The van der Waals surface area contributed by atoms with Crippen molar-refractivity contribution in [2.75, 3.05) is 6.54 Å². The third-order valence-corrected chi connectivity index (χ3v) is 6.17. The molecular formula is C30H31NO. The summed E-state index contributed by atoms with van der Waals surface area (Å²) in [5, 5.41) is 12.2. The zero-order valence-corrected chi connectivity index (χ0v) is 18.6. The molecule has 0 radical (unpaired) electrons. The summed E-state index contributed by atoms with van der Waals surface area (Å²) in [6.07, 6.45) is 0. The highest BCUT2D eigenvalue weighted by atomic mass is 16.3. The Morgan fingerprint density at radius 3 is 1.31 bits per heavy atom. The highest BCUT2D eigenvalue weighted by molar-refractivity contribution is 5.37. The van der Waals surface area contributed by atoms with E-state index in [9.17, 15) is 5.11 Å². The van der Waals surface area contributed by atoms with Crippen LogP contribution in [0, 0.1) is 5.92 Å². The van der Waals surface area contributed by atoms with Gasteiger partial charge in [-0.25, -0.2) is 0 Å². The molecule has 0 bridgehead atoms. The van der Waals surface area contributed by atoms with Crippen LogP contribution in [0.5, 0.6) is 0 Å². The van der Waals surface area contributed by atoms with Crippen LogP contribution >= 0.6 is 0 Å². The van der Waals surface area contributed by atoms with E-state index in [1.165, 1.54) is 11.1 Å². The lowest BCUT2D eigenvalue weighted by Crippen LogP contribution is -2.41. The van der Waals surface area contributed by atoms with E-state index in [1.807, 2.05) is 60.7 Å². The molecule has 2 heteroatoms. The van der Waals surface area contributed by atoms with Crippen molar-refractivity contribution in [1.82, 2.24) is 4.90 Å². The minimum atomic E-state index is -1.08. The molecule has 0 amide bonds. The summed E-state index contributed by atoms with van der Waals surface area (Å²) in [5.74, 6) is -0.0280. The number of benzene rings is 4. The van der Waals surface area contributed by atoms with E-state index < -0.39 is 5.60 Å². The van der Waals surface area contributed by atoms with Crippen molar-refractivity contribution >= 4 is 0 Å². The number of hydrogen-bond acceptors (Lipinski definition) is 2. The summed E-state index contributed by atoms with van der Waals surface area (Å²) >= 11 is 0. The van der Waals surface area contributed by atoms with E-state index in [4.69, 9.17) is 0 Å². The van der Waals surface area contributed by atoms with E-state index in [0.29, 0.717) is 0 Å². The Labute approximate surface area is 191 Å². The lowest BCUT2D eigenvalue weighted by atomic mass is 9.76.